The van der Waals surface area contributed by atoms with Crippen LogP contribution >= 0.6 is 0 Å². The van der Waals surface area contributed by atoms with Gasteiger partial charge in [-0.15, -0.1) is 0 Å². The van der Waals surface area contributed by atoms with E-state index in [-0.39, 0.29) is 0 Å². The van der Waals surface area contributed by atoms with Gasteiger partial charge in [0, 0.05) is 33.0 Å². The summed E-state index contributed by atoms with van der Waals surface area (Å²) in [6, 6.07) is 0.613. The predicted octanol–water partition coefficient (Wildman–Crippen LogP) is 1.82. The van der Waals surface area contributed by atoms with Crippen molar-refractivity contribution in [1.29, 1.82) is 0 Å². The number of ether oxygens (including phenoxy) is 2. The number of methoxy groups -OCH3 is 1. The molecule has 0 aromatic heterocycles. The molecule has 0 aliphatic heterocycles. The molecule has 3 nitrogen and oxygen atoms in total. The van der Waals surface area contributed by atoms with E-state index >= 15 is 0 Å². The fraction of sp³-hybridized carbons (Fsp3) is 1.00. The highest BCUT2D eigenvalue weighted by molar-refractivity contribution is 4.58. The van der Waals surface area contributed by atoms with E-state index in [0.29, 0.717) is 6.04 Å². The first kappa shape index (κ1) is 13.9. The maximum atomic E-state index is 5.46. The van der Waals surface area contributed by atoms with E-state index in [1.807, 2.05) is 0 Å². The van der Waals surface area contributed by atoms with Crippen LogP contribution < -0.4 is 5.32 Å². The van der Waals surface area contributed by atoms with Gasteiger partial charge in [-0.3, -0.25) is 0 Å². The van der Waals surface area contributed by atoms with Crippen molar-refractivity contribution in [3.63, 3.8) is 0 Å². The fourth-order valence-electron chi connectivity index (χ4n) is 1.35. The Morgan fingerprint density at radius 3 is 2.50 bits per heavy atom. The smallest absolute Gasteiger partial charge is 0.0487 e. The van der Waals surface area contributed by atoms with Crippen LogP contribution in [0.3, 0.4) is 0 Å². The molecule has 0 aliphatic carbocycles. The summed E-state index contributed by atoms with van der Waals surface area (Å²) in [7, 11) is 1.72. The van der Waals surface area contributed by atoms with Gasteiger partial charge in [-0.05, 0) is 32.7 Å². The topological polar surface area (TPSA) is 30.5 Å². The van der Waals surface area contributed by atoms with Crippen LogP contribution in [-0.4, -0.2) is 39.5 Å². The molecule has 0 radical (unpaired) electrons. The van der Waals surface area contributed by atoms with Crippen molar-refractivity contribution in [2.24, 2.45) is 0 Å². The Hall–Kier alpha value is -0.120. The molecule has 1 N–H and O–H groups in total. The van der Waals surface area contributed by atoms with Crippen molar-refractivity contribution in [2.45, 2.75) is 39.2 Å². The van der Waals surface area contributed by atoms with E-state index < -0.39 is 0 Å². The average molecular weight is 203 g/mol. The SMILES string of the molecule is CCNC(C)CCCOCCCOC. The Labute approximate surface area is 88.2 Å². The molecular weight excluding hydrogens is 178 g/mol. The second kappa shape index (κ2) is 11.0. The third-order valence-electron chi connectivity index (χ3n) is 2.12. The molecule has 0 aromatic rings. The number of nitrogens with one attached hydrogen (secondary N) is 1. The Balaban J connectivity index is 2.98. The predicted molar refractivity (Wildman–Crippen MR) is 59.7 cm³/mol. The van der Waals surface area contributed by atoms with Gasteiger partial charge in [0.2, 0.25) is 0 Å². The highest BCUT2D eigenvalue weighted by atomic mass is 16.5. The second-order valence-electron chi connectivity index (χ2n) is 3.56. The van der Waals surface area contributed by atoms with Crippen LogP contribution in [0.25, 0.3) is 0 Å². The van der Waals surface area contributed by atoms with Gasteiger partial charge < -0.3 is 14.8 Å². The molecule has 1 atom stereocenters. The number of rotatable bonds is 10. The lowest BCUT2D eigenvalue weighted by molar-refractivity contribution is 0.0993. The van der Waals surface area contributed by atoms with E-state index in [9.17, 15) is 0 Å². The van der Waals surface area contributed by atoms with Crippen LogP contribution in [0.1, 0.15) is 33.1 Å². The van der Waals surface area contributed by atoms with Gasteiger partial charge in [-0.2, -0.15) is 0 Å². The van der Waals surface area contributed by atoms with E-state index in [0.717, 1.165) is 39.2 Å². The Morgan fingerprint density at radius 2 is 1.86 bits per heavy atom. The molecule has 0 heterocycles. The number of hydrogen-bond acceptors (Lipinski definition) is 3. The second-order valence-corrected chi connectivity index (χ2v) is 3.56. The Kier molecular flexibility index (Phi) is 10.9. The molecule has 0 aromatic carbocycles. The highest BCUT2D eigenvalue weighted by Gasteiger charge is 1.98. The zero-order chi connectivity index (χ0) is 10.6. The van der Waals surface area contributed by atoms with Crippen LogP contribution in [0.2, 0.25) is 0 Å². The monoisotopic (exact) mass is 203 g/mol. The molecule has 86 valence electrons. The van der Waals surface area contributed by atoms with Crippen molar-refractivity contribution >= 4 is 0 Å². The largest absolute Gasteiger partial charge is 0.385 e. The summed E-state index contributed by atoms with van der Waals surface area (Å²) in [5.74, 6) is 0. The van der Waals surface area contributed by atoms with Crippen LogP contribution in [0, 0.1) is 0 Å². The van der Waals surface area contributed by atoms with Gasteiger partial charge in [-0.25, -0.2) is 0 Å². The normalized spacial score (nSPS) is 13.1. The summed E-state index contributed by atoms with van der Waals surface area (Å²) in [5.41, 5.74) is 0. The van der Waals surface area contributed by atoms with E-state index in [1.54, 1.807) is 7.11 Å². The zero-order valence-corrected chi connectivity index (χ0v) is 9.84. The lowest BCUT2D eigenvalue weighted by Crippen LogP contribution is -2.25. The molecular formula is C11H25NO2. The van der Waals surface area contributed by atoms with Gasteiger partial charge >= 0.3 is 0 Å². The van der Waals surface area contributed by atoms with Crippen molar-refractivity contribution in [2.75, 3.05) is 33.5 Å². The van der Waals surface area contributed by atoms with Gasteiger partial charge in [-0.1, -0.05) is 6.92 Å². The Morgan fingerprint density at radius 1 is 1.14 bits per heavy atom. The minimum absolute atomic E-state index is 0.613. The van der Waals surface area contributed by atoms with Gasteiger partial charge in [0.05, 0.1) is 0 Å². The highest BCUT2D eigenvalue weighted by Crippen LogP contribution is 1.97. The molecule has 14 heavy (non-hydrogen) atoms. The van der Waals surface area contributed by atoms with E-state index in [4.69, 9.17) is 9.47 Å². The van der Waals surface area contributed by atoms with Crippen molar-refractivity contribution in [3.8, 4) is 0 Å². The summed E-state index contributed by atoms with van der Waals surface area (Å²) in [5, 5.41) is 3.38. The first-order valence-electron chi connectivity index (χ1n) is 5.61. The molecule has 3 heteroatoms. The first-order chi connectivity index (χ1) is 6.81. The lowest BCUT2D eigenvalue weighted by atomic mass is 10.2. The first-order valence-corrected chi connectivity index (χ1v) is 5.61. The standard InChI is InChI=1S/C11H25NO2/c1-4-12-11(2)7-5-9-14-10-6-8-13-3/h11-12H,4-10H2,1-3H3. The maximum Gasteiger partial charge on any atom is 0.0487 e. The molecule has 0 rings (SSSR count). The molecule has 0 saturated carbocycles. The van der Waals surface area contributed by atoms with Crippen LogP contribution in [-0.2, 0) is 9.47 Å². The molecule has 0 aliphatic rings. The summed E-state index contributed by atoms with van der Waals surface area (Å²) < 4.78 is 10.4. The Bertz CT molecular complexity index is 109. The van der Waals surface area contributed by atoms with E-state index in [1.165, 1.54) is 6.42 Å². The molecule has 1 unspecified atom stereocenters. The van der Waals surface area contributed by atoms with Crippen molar-refractivity contribution < 1.29 is 9.47 Å². The third kappa shape index (κ3) is 9.96. The lowest BCUT2D eigenvalue weighted by Gasteiger charge is -2.11. The van der Waals surface area contributed by atoms with Crippen molar-refractivity contribution in [3.05, 3.63) is 0 Å². The van der Waals surface area contributed by atoms with Crippen LogP contribution in [0.4, 0.5) is 0 Å². The summed E-state index contributed by atoms with van der Waals surface area (Å²) in [6.07, 6.45) is 3.33. The minimum Gasteiger partial charge on any atom is -0.385 e. The van der Waals surface area contributed by atoms with Gasteiger partial charge in [0.25, 0.3) is 0 Å². The van der Waals surface area contributed by atoms with Crippen LogP contribution in [0.5, 0.6) is 0 Å². The van der Waals surface area contributed by atoms with Crippen molar-refractivity contribution in [1.82, 2.24) is 5.32 Å². The minimum atomic E-state index is 0.613. The molecule has 0 amide bonds. The summed E-state index contributed by atoms with van der Waals surface area (Å²) in [6.45, 7) is 7.90. The van der Waals surface area contributed by atoms with Gasteiger partial charge in [0.15, 0.2) is 0 Å². The molecule has 0 spiro atoms. The molecule has 0 saturated heterocycles. The number of hydrogen-bond donors (Lipinski definition) is 1. The van der Waals surface area contributed by atoms with E-state index in [2.05, 4.69) is 19.2 Å². The van der Waals surface area contributed by atoms with Gasteiger partial charge in [0.1, 0.15) is 0 Å². The van der Waals surface area contributed by atoms with Crippen LogP contribution in [0.15, 0.2) is 0 Å². The molecule has 0 fully saturated rings. The zero-order valence-electron chi connectivity index (χ0n) is 9.84. The third-order valence-corrected chi connectivity index (χ3v) is 2.12. The average Bonchev–Trinajstić information content (AvgIpc) is 2.17. The maximum absolute atomic E-state index is 5.46. The fourth-order valence-corrected chi connectivity index (χ4v) is 1.35. The summed E-state index contributed by atoms with van der Waals surface area (Å²) >= 11 is 0. The molecule has 0 bridgehead atoms. The summed E-state index contributed by atoms with van der Waals surface area (Å²) in [4.78, 5) is 0. The quantitative estimate of drug-likeness (QED) is 0.549.